The van der Waals surface area contributed by atoms with Crippen LogP contribution in [0, 0.1) is 0 Å². The van der Waals surface area contributed by atoms with Gasteiger partial charge in [-0.3, -0.25) is 4.79 Å². The van der Waals surface area contributed by atoms with E-state index in [1.54, 1.807) is 0 Å². The fourth-order valence-electron chi connectivity index (χ4n) is 2.18. The summed E-state index contributed by atoms with van der Waals surface area (Å²) in [6, 6.07) is 10.4. The molecule has 0 aromatic heterocycles. The number of ether oxygens (including phenoxy) is 1. The summed E-state index contributed by atoms with van der Waals surface area (Å²) in [6.07, 6.45) is 1.42. The fraction of sp³-hybridized carbons (Fsp3) is 0.533. The Bertz CT molecular complexity index is 388. The molecule has 1 aliphatic rings. The van der Waals surface area contributed by atoms with Crippen molar-refractivity contribution >= 4 is 5.91 Å². The first-order chi connectivity index (χ1) is 9.25. The molecule has 0 saturated carbocycles. The van der Waals surface area contributed by atoms with Gasteiger partial charge in [0.25, 0.3) is 0 Å². The van der Waals surface area contributed by atoms with Gasteiger partial charge in [-0.15, -0.1) is 0 Å². The molecule has 0 aliphatic carbocycles. The lowest BCUT2D eigenvalue weighted by atomic mass is 10.1. The van der Waals surface area contributed by atoms with E-state index in [1.807, 2.05) is 30.1 Å². The molecule has 2 rings (SSSR count). The molecule has 1 fully saturated rings. The first kappa shape index (κ1) is 14.0. The molecule has 19 heavy (non-hydrogen) atoms. The molecule has 1 aliphatic heterocycles. The Kier molecular flexibility index (Phi) is 5.36. The average Bonchev–Trinajstić information content (AvgIpc) is 2.47. The lowest BCUT2D eigenvalue weighted by molar-refractivity contribution is -0.131. The highest BCUT2D eigenvalue weighted by Gasteiger charge is 2.18. The van der Waals surface area contributed by atoms with Crippen LogP contribution in [-0.4, -0.2) is 50.2 Å². The van der Waals surface area contributed by atoms with Crippen molar-refractivity contribution < 1.29 is 9.53 Å². The minimum atomic E-state index is 0.167. The number of hydrogen-bond acceptors (Lipinski definition) is 3. The van der Waals surface area contributed by atoms with E-state index in [1.165, 1.54) is 5.56 Å². The summed E-state index contributed by atoms with van der Waals surface area (Å²) in [5.74, 6) is 0.180. The Labute approximate surface area is 114 Å². The third-order valence-electron chi connectivity index (χ3n) is 3.42. The second-order valence-electron chi connectivity index (χ2n) is 4.98. The lowest BCUT2D eigenvalue weighted by Gasteiger charge is -2.25. The number of hydrogen-bond donors (Lipinski definition) is 1. The number of nitrogens with one attached hydrogen (secondary N) is 1. The quantitative estimate of drug-likeness (QED) is 0.863. The summed E-state index contributed by atoms with van der Waals surface area (Å²) in [5.41, 5.74) is 1.27. The summed E-state index contributed by atoms with van der Waals surface area (Å²) in [7, 11) is 1.87. The average molecular weight is 262 g/mol. The molecule has 1 aromatic carbocycles. The molecule has 1 amide bonds. The minimum Gasteiger partial charge on any atom is -0.378 e. The van der Waals surface area contributed by atoms with Gasteiger partial charge in [-0.2, -0.15) is 0 Å². The second-order valence-corrected chi connectivity index (χ2v) is 4.98. The number of nitrogens with zero attached hydrogens (tertiary/aromatic N) is 1. The number of benzene rings is 1. The predicted molar refractivity (Wildman–Crippen MR) is 75.0 cm³/mol. The Morgan fingerprint density at radius 3 is 2.89 bits per heavy atom. The number of carbonyl (C=O) groups is 1. The van der Waals surface area contributed by atoms with Gasteiger partial charge in [0.15, 0.2) is 0 Å². The first-order valence-electron chi connectivity index (χ1n) is 6.85. The summed E-state index contributed by atoms with van der Waals surface area (Å²) >= 11 is 0. The van der Waals surface area contributed by atoms with Crippen LogP contribution in [0.25, 0.3) is 0 Å². The first-order valence-corrected chi connectivity index (χ1v) is 6.85. The van der Waals surface area contributed by atoms with Crippen molar-refractivity contribution in [3.8, 4) is 0 Å². The van der Waals surface area contributed by atoms with Crippen molar-refractivity contribution in [1.29, 1.82) is 0 Å². The SMILES string of the molecule is CN(CCc1ccccc1)C(=O)CC1COCCN1. The molecule has 0 bridgehead atoms. The highest BCUT2D eigenvalue weighted by molar-refractivity contribution is 5.76. The molecule has 1 unspecified atom stereocenters. The van der Waals surface area contributed by atoms with Crippen LogP contribution < -0.4 is 5.32 Å². The van der Waals surface area contributed by atoms with Gasteiger partial charge in [0.1, 0.15) is 0 Å². The Morgan fingerprint density at radius 2 is 2.21 bits per heavy atom. The van der Waals surface area contributed by atoms with E-state index in [9.17, 15) is 4.79 Å². The molecule has 0 spiro atoms. The zero-order valence-corrected chi connectivity index (χ0v) is 11.5. The number of carbonyl (C=O) groups excluding carboxylic acids is 1. The van der Waals surface area contributed by atoms with Gasteiger partial charge in [0.2, 0.25) is 5.91 Å². The van der Waals surface area contributed by atoms with Crippen LogP contribution in [0.3, 0.4) is 0 Å². The van der Waals surface area contributed by atoms with Crippen LogP contribution in [0.2, 0.25) is 0 Å². The van der Waals surface area contributed by atoms with Crippen LogP contribution in [0.1, 0.15) is 12.0 Å². The lowest BCUT2D eigenvalue weighted by Crippen LogP contribution is -2.44. The highest BCUT2D eigenvalue weighted by Crippen LogP contribution is 2.04. The van der Waals surface area contributed by atoms with Crippen molar-refractivity contribution in [1.82, 2.24) is 10.2 Å². The molecular formula is C15H22N2O2. The summed E-state index contributed by atoms with van der Waals surface area (Å²) in [6.45, 7) is 2.98. The van der Waals surface area contributed by atoms with Crippen molar-refractivity contribution in [2.24, 2.45) is 0 Å². The molecule has 0 radical (unpaired) electrons. The number of amides is 1. The van der Waals surface area contributed by atoms with Crippen molar-refractivity contribution in [2.45, 2.75) is 18.9 Å². The van der Waals surface area contributed by atoms with Crippen LogP contribution in [-0.2, 0) is 16.0 Å². The normalized spacial score (nSPS) is 19.1. The number of rotatable bonds is 5. The molecule has 1 N–H and O–H groups in total. The Morgan fingerprint density at radius 1 is 1.42 bits per heavy atom. The third-order valence-corrected chi connectivity index (χ3v) is 3.42. The Hall–Kier alpha value is -1.39. The third kappa shape index (κ3) is 4.65. The van der Waals surface area contributed by atoms with Crippen LogP contribution in [0.5, 0.6) is 0 Å². The summed E-state index contributed by atoms with van der Waals surface area (Å²) < 4.78 is 5.36. The smallest absolute Gasteiger partial charge is 0.223 e. The molecule has 1 aromatic rings. The zero-order valence-electron chi connectivity index (χ0n) is 11.5. The van der Waals surface area contributed by atoms with E-state index in [2.05, 4.69) is 17.4 Å². The van der Waals surface area contributed by atoms with Gasteiger partial charge in [-0.25, -0.2) is 0 Å². The fourth-order valence-corrected chi connectivity index (χ4v) is 2.18. The Balaban J connectivity index is 1.72. The van der Waals surface area contributed by atoms with Gasteiger partial charge < -0.3 is 15.0 Å². The van der Waals surface area contributed by atoms with Crippen molar-refractivity contribution in [3.05, 3.63) is 35.9 Å². The van der Waals surface area contributed by atoms with Crippen molar-refractivity contribution in [2.75, 3.05) is 33.4 Å². The number of morpholine rings is 1. The van der Waals surface area contributed by atoms with E-state index in [0.29, 0.717) is 13.0 Å². The topological polar surface area (TPSA) is 41.6 Å². The highest BCUT2D eigenvalue weighted by atomic mass is 16.5. The predicted octanol–water partition coefficient (Wildman–Crippen LogP) is 1.07. The van der Waals surface area contributed by atoms with E-state index < -0.39 is 0 Å². The van der Waals surface area contributed by atoms with E-state index in [4.69, 9.17) is 4.74 Å². The number of likely N-dealkylation sites (N-methyl/N-ethyl adjacent to an activating group) is 1. The van der Waals surface area contributed by atoms with Crippen LogP contribution in [0.4, 0.5) is 0 Å². The molecule has 4 heteroatoms. The molecule has 4 nitrogen and oxygen atoms in total. The summed E-state index contributed by atoms with van der Waals surface area (Å²) in [5, 5.41) is 3.31. The second kappa shape index (κ2) is 7.26. The molecule has 104 valence electrons. The molecule has 1 saturated heterocycles. The molecule has 1 atom stereocenters. The van der Waals surface area contributed by atoms with Crippen molar-refractivity contribution in [3.63, 3.8) is 0 Å². The molecule has 1 heterocycles. The zero-order chi connectivity index (χ0) is 13.5. The van der Waals surface area contributed by atoms with Gasteiger partial charge >= 0.3 is 0 Å². The van der Waals surface area contributed by atoms with Crippen LogP contribution >= 0.6 is 0 Å². The monoisotopic (exact) mass is 262 g/mol. The van der Waals surface area contributed by atoms with E-state index in [0.717, 1.165) is 26.1 Å². The largest absolute Gasteiger partial charge is 0.378 e. The maximum Gasteiger partial charge on any atom is 0.223 e. The standard InChI is InChI=1S/C15H22N2O2/c1-17(9-7-13-5-3-2-4-6-13)15(18)11-14-12-19-10-8-16-14/h2-6,14,16H,7-12H2,1H3. The van der Waals surface area contributed by atoms with E-state index in [-0.39, 0.29) is 11.9 Å². The summed E-state index contributed by atoms with van der Waals surface area (Å²) in [4.78, 5) is 13.9. The molecular weight excluding hydrogens is 240 g/mol. The maximum atomic E-state index is 12.1. The van der Waals surface area contributed by atoms with Gasteiger partial charge in [-0.05, 0) is 12.0 Å². The van der Waals surface area contributed by atoms with Gasteiger partial charge in [-0.1, -0.05) is 30.3 Å². The van der Waals surface area contributed by atoms with Gasteiger partial charge in [0, 0.05) is 32.6 Å². The minimum absolute atomic E-state index is 0.167. The van der Waals surface area contributed by atoms with Crippen LogP contribution in [0.15, 0.2) is 30.3 Å². The van der Waals surface area contributed by atoms with E-state index >= 15 is 0 Å². The maximum absolute atomic E-state index is 12.1. The van der Waals surface area contributed by atoms with Gasteiger partial charge in [0.05, 0.1) is 13.2 Å².